The molecule has 0 atom stereocenters. The van der Waals surface area contributed by atoms with E-state index in [2.05, 4.69) is 11.1 Å². The number of H-pyrrole nitrogens is 1. The molecule has 0 radical (unpaired) electrons. The first-order chi connectivity index (χ1) is 8.45. The average Bonchev–Trinajstić information content (AvgIpc) is 2.24. The third kappa shape index (κ3) is 2.90. The standard InChI is InChI=1S/C13H13IN2O2/c1-8-3-9(2)5-10(4-8)6-16-7-11(14)12(17)15-13(16)18/h3-5,7H,6H2,1-2H3,(H,15,17,18). The Kier molecular flexibility index (Phi) is 3.70. The lowest BCUT2D eigenvalue weighted by Gasteiger charge is -2.07. The second-order valence-corrected chi connectivity index (χ2v) is 5.52. The normalized spacial score (nSPS) is 10.6. The van der Waals surface area contributed by atoms with Crippen molar-refractivity contribution >= 4 is 22.6 Å². The van der Waals surface area contributed by atoms with Crippen molar-refractivity contribution in [2.75, 3.05) is 0 Å². The lowest BCUT2D eigenvalue weighted by Crippen LogP contribution is -2.31. The summed E-state index contributed by atoms with van der Waals surface area (Å²) in [6.07, 6.45) is 1.58. The smallest absolute Gasteiger partial charge is 0.295 e. The largest absolute Gasteiger partial charge is 0.328 e. The molecule has 1 N–H and O–H groups in total. The minimum Gasteiger partial charge on any atom is -0.295 e. The van der Waals surface area contributed by atoms with E-state index < -0.39 is 0 Å². The van der Waals surface area contributed by atoms with Crippen molar-refractivity contribution < 1.29 is 0 Å². The molecule has 0 aliphatic rings. The molecule has 0 saturated heterocycles. The van der Waals surface area contributed by atoms with Crippen molar-refractivity contribution in [2.45, 2.75) is 20.4 Å². The van der Waals surface area contributed by atoms with Crippen molar-refractivity contribution in [1.82, 2.24) is 9.55 Å². The summed E-state index contributed by atoms with van der Waals surface area (Å²) in [6.45, 7) is 4.51. The highest BCUT2D eigenvalue weighted by molar-refractivity contribution is 14.1. The Hall–Kier alpha value is -1.37. The van der Waals surface area contributed by atoms with Crippen LogP contribution in [0.4, 0.5) is 0 Å². The molecule has 1 aromatic carbocycles. The van der Waals surface area contributed by atoms with Crippen LogP contribution < -0.4 is 11.2 Å². The maximum Gasteiger partial charge on any atom is 0.328 e. The van der Waals surface area contributed by atoms with Crippen LogP contribution in [0.1, 0.15) is 16.7 Å². The van der Waals surface area contributed by atoms with Gasteiger partial charge in [0.25, 0.3) is 5.56 Å². The molecular formula is C13H13IN2O2. The molecule has 0 spiro atoms. The molecule has 1 heterocycles. The zero-order valence-corrected chi connectivity index (χ0v) is 12.3. The van der Waals surface area contributed by atoms with Gasteiger partial charge in [0.2, 0.25) is 0 Å². The van der Waals surface area contributed by atoms with Crippen LogP contribution in [0, 0.1) is 17.4 Å². The van der Waals surface area contributed by atoms with Gasteiger partial charge in [-0.05, 0) is 42.0 Å². The third-order valence-corrected chi connectivity index (χ3v) is 3.37. The predicted octanol–water partition coefficient (Wildman–Crippen LogP) is 1.81. The number of aryl methyl sites for hydroxylation is 2. The molecule has 5 heteroatoms. The Labute approximate surface area is 118 Å². The monoisotopic (exact) mass is 356 g/mol. The van der Waals surface area contributed by atoms with E-state index in [-0.39, 0.29) is 11.2 Å². The van der Waals surface area contributed by atoms with Crippen molar-refractivity contribution in [2.24, 2.45) is 0 Å². The molecule has 2 aromatic rings. The fourth-order valence-electron chi connectivity index (χ4n) is 1.96. The van der Waals surface area contributed by atoms with E-state index in [1.54, 1.807) is 6.20 Å². The van der Waals surface area contributed by atoms with Crippen LogP contribution in [-0.2, 0) is 6.54 Å². The van der Waals surface area contributed by atoms with Crippen molar-refractivity contribution in [3.63, 3.8) is 0 Å². The average molecular weight is 356 g/mol. The molecule has 0 saturated carbocycles. The van der Waals surface area contributed by atoms with Crippen molar-refractivity contribution in [3.05, 3.63) is 65.5 Å². The maximum absolute atomic E-state index is 11.7. The number of halogens is 1. The summed E-state index contributed by atoms with van der Waals surface area (Å²) in [7, 11) is 0. The fourth-order valence-corrected chi connectivity index (χ4v) is 2.43. The second-order valence-electron chi connectivity index (χ2n) is 4.36. The maximum atomic E-state index is 11.7. The molecule has 0 unspecified atom stereocenters. The van der Waals surface area contributed by atoms with E-state index in [1.807, 2.05) is 48.6 Å². The van der Waals surface area contributed by atoms with Crippen molar-refractivity contribution in [1.29, 1.82) is 0 Å². The number of aromatic amines is 1. The first-order valence-electron chi connectivity index (χ1n) is 5.52. The van der Waals surface area contributed by atoms with Gasteiger partial charge in [0, 0.05) is 6.20 Å². The van der Waals surface area contributed by atoms with Gasteiger partial charge in [0.1, 0.15) is 0 Å². The van der Waals surface area contributed by atoms with Crippen LogP contribution in [0.2, 0.25) is 0 Å². The number of hydrogen-bond donors (Lipinski definition) is 1. The minimum atomic E-state index is -0.375. The van der Waals surface area contributed by atoms with Crippen LogP contribution in [0.3, 0.4) is 0 Å². The zero-order valence-electron chi connectivity index (χ0n) is 10.2. The predicted molar refractivity (Wildman–Crippen MR) is 79.1 cm³/mol. The number of nitrogens with one attached hydrogen (secondary N) is 1. The minimum absolute atomic E-state index is 0.336. The summed E-state index contributed by atoms with van der Waals surface area (Å²) >= 11 is 1.92. The van der Waals surface area contributed by atoms with Gasteiger partial charge in [-0.15, -0.1) is 0 Å². The first kappa shape index (κ1) is 13.1. The first-order valence-corrected chi connectivity index (χ1v) is 6.60. The highest BCUT2D eigenvalue weighted by Crippen LogP contribution is 2.09. The van der Waals surface area contributed by atoms with Gasteiger partial charge in [-0.1, -0.05) is 29.3 Å². The Balaban J connectivity index is 2.43. The lowest BCUT2D eigenvalue weighted by molar-refractivity contribution is 0.714. The summed E-state index contributed by atoms with van der Waals surface area (Å²) in [5, 5.41) is 0. The number of benzene rings is 1. The molecule has 0 bridgehead atoms. The highest BCUT2D eigenvalue weighted by Gasteiger charge is 2.03. The van der Waals surface area contributed by atoms with Gasteiger partial charge in [-0.2, -0.15) is 0 Å². The zero-order chi connectivity index (χ0) is 13.3. The molecule has 0 amide bonds. The van der Waals surface area contributed by atoms with Crippen LogP contribution in [0.5, 0.6) is 0 Å². The molecule has 0 fully saturated rings. The highest BCUT2D eigenvalue weighted by atomic mass is 127. The lowest BCUT2D eigenvalue weighted by atomic mass is 10.1. The number of rotatable bonds is 2. The fraction of sp³-hybridized carbons (Fsp3) is 0.231. The second kappa shape index (κ2) is 5.09. The van der Waals surface area contributed by atoms with Gasteiger partial charge in [-0.3, -0.25) is 14.3 Å². The molecule has 0 aliphatic carbocycles. The Morgan fingerprint density at radius 3 is 2.39 bits per heavy atom. The Morgan fingerprint density at radius 2 is 1.78 bits per heavy atom. The molecule has 4 nitrogen and oxygen atoms in total. The molecule has 2 rings (SSSR count). The SMILES string of the molecule is Cc1cc(C)cc(Cn2cc(I)c(=O)[nH]c2=O)c1. The van der Waals surface area contributed by atoms with Gasteiger partial charge in [0.15, 0.2) is 0 Å². The van der Waals surface area contributed by atoms with E-state index in [0.717, 1.165) is 16.7 Å². The molecule has 18 heavy (non-hydrogen) atoms. The number of aromatic nitrogens is 2. The molecule has 94 valence electrons. The molecule has 0 aliphatic heterocycles. The van der Waals surface area contributed by atoms with E-state index >= 15 is 0 Å². The topological polar surface area (TPSA) is 54.9 Å². The summed E-state index contributed by atoms with van der Waals surface area (Å²) in [5.41, 5.74) is 2.67. The van der Waals surface area contributed by atoms with Gasteiger partial charge >= 0.3 is 5.69 Å². The van der Waals surface area contributed by atoms with E-state index in [4.69, 9.17) is 0 Å². The van der Waals surface area contributed by atoms with Crippen LogP contribution in [0.15, 0.2) is 34.0 Å². The molecular weight excluding hydrogens is 343 g/mol. The number of hydrogen-bond acceptors (Lipinski definition) is 2. The van der Waals surface area contributed by atoms with Crippen LogP contribution in [-0.4, -0.2) is 9.55 Å². The third-order valence-electron chi connectivity index (χ3n) is 2.60. The summed E-state index contributed by atoms with van der Waals surface area (Å²) in [6, 6.07) is 6.16. The van der Waals surface area contributed by atoms with Gasteiger partial charge in [-0.25, -0.2) is 4.79 Å². The number of nitrogens with zero attached hydrogens (tertiary/aromatic N) is 1. The summed E-state index contributed by atoms with van der Waals surface area (Å²) in [4.78, 5) is 25.2. The van der Waals surface area contributed by atoms with Gasteiger partial charge in [0.05, 0.1) is 10.1 Å². The quantitative estimate of drug-likeness (QED) is 0.835. The molecule has 1 aromatic heterocycles. The van der Waals surface area contributed by atoms with E-state index in [0.29, 0.717) is 10.1 Å². The van der Waals surface area contributed by atoms with E-state index in [1.165, 1.54) is 4.57 Å². The van der Waals surface area contributed by atoms with Gasteiger partial charge < -0.3 is 0 Å². The summed E-state index contributed by atoms with van der Waals surface area (Å²) in [5.74, 6) is 0. The van der Waals surface area contributed by atoms with Crippen molar-refractivity contribution in [3.8, 4) is 0 Å². The summed E-state index contributed by atoms with van der Waals surface area (Å²) < 4.78 is 2.02. The van der Waals surface area contributed by atoms with Crippen LogP contribution >= 0.6 is 22.6 Å². The van der Waals surface area contributed by atoms with E-state index in [9.17, 15) is 9.59 Å². The van der Waals surface area contributed by atoms with Crippen LogP contribution in [0.25, 0.3) is 0 Å². The Bertz CT molecular complexity index is 681. The Morgan fingerprint density at radius 1 is 1.17 bits per heavy atom.